The van der Waals surface area contributed by atoms with Crippen molar-refractivity contribution in [1.82, 2.24) is 20.1 Å². The van der Waals surface area contributed by atoms with E-state index in [9.17, 15) is 23.6 Å². The molecule has 16 heteroatoms. The second-order valence-corrected chi connectivity index (χ2v) is 18.6. The molecule has 4 aliphatic heterocycles. The number of carbonyl (C=O) groups is 4. The minimum atomic E-state index is -1.17. The number of halogens is 2. The Balaban J connectivity index is 0.689. The van der Waals surface area contributed by atoms with Gasteiger partial charge < -0.3 is 30.3 Å². The molecule has 10 rings (SSSR count). The summed E-state index contributed by atoms with van der Waals surface area (Å²) < 4.78 is 40.7. The van der Waals surface area contributed by atoms with Gasteiger partial charge in [-0.2, -0.15) is 0 Å². The molecule has 5 aliphatic rings. The number of anilines is 4. The zero-order chi connectivity index (χ0) is 46.2. The fraction of sp³-hybridized carbons (Fsp3) is 0.392. The highest BCUT2D eigenvalue weighted by Gasteiger charge is 2.56. The Hall–Kier alpha value is -6.65. The van der Waals surface area contributed by atoms with Crippen LogP contribution < -0.4 is 35.6 Å². The smallest absolute Gasteiger partial charge is 0.240 e. The number of ether oxygens (including phenoxy) is 2. The number of nitrogens with one attached hydrogen (secondary N) is 4. The highest BCUT2D eigenvalue weighted by molar-refractivity contribution is 6.17. The van der Waals surface area contributed by atoms with Gasteiger partial charge in [0.25, 0.3) is 0 Å². The first-order chi connectivity index (χ1) is 32.5. The molecule has 4 amide bonds. The topological polar surface area (TPSA) is 157 Å². The van der Waals surface area contributed by atoms with E-state index in [2.05, 4.69) is 42.0 Å². The lowest BCUT2D eigenvalue weighted by Crippen LogP contribution is -2.49. The number of hydrogen-bond acceptors (Lipinski definition) is 11. The standard InChI is InChI=1S/C51H54F2N8O6/c1-66-46-26-40-43(54-19-14-45(40)67-38-9-7-35(8-10-38)57-50(65)51(17-18-51)49(64)56-34-5-3-33(52)4-6-34)27-44(46)59-21-15-31(16-22-59)28-61-30-36-25-37(61)29-60(36)23-20-55-42-12-2-32(24-41(42)53)39-11-13-47(62)58-48(39)63/h2-10,12,14,19,24,26-27,31,36-37,39,55H,11,13,15-18,20-23,25,28-30H2,1H3,(H,56,64)(H,57,65)(H,58,62,63)/t36-,37-,39?/m0/s1. The molecule has 4 saturated heterocycles. The molecule has 2 bridgehead atoms. The second-order valence-electron chi connectivity index (χ2n) is 18.6. The van der Waals surface area contributed by atoms with Gasteiger partial charge in [0.2, 0.25) is 23.6 Å². The Labute approximate surface area is 387 Å². The molecular formula is C51H54F2N8O6. The molecule has 0 spiro atoms. The maximum atomic E-state index is 15.0. The SMILES string of the molecule is COc1cc2c(Oc3ccc(NC(=O)C4(C(=O)Nc5ccc(F)cc5)CC4)cc3)ccnc2cc1N1CCC(CN2C[C@@H]3C[C@H]2CN3CCNc2ccc(C3CCC(=O)NC3=O)cc2F)CC1. The maximum absolute atomic E-state index is 15.0. The number of piperidine rings is 2. The molecule has 1 aliphatic carbocycles. The number of rotatable bonds is 15. The van der Waals surface area contributed by atoms with Gasteiger partial charge in [-0.05, 0) is 129 Å². The molecule has 5 aromatic rings. The highest BCUT2D eigenvalue weighted by Crippen LogP contribution is 2.48. The number of imide groups is 1. The fourth-order valence-electron chi connectivity index (χ4n) is 10.3. The highest BCUT2D eigenvalue weighted by atomic mass is 19.1. The number of amides is 4. The summed E-state index contributed by atoms with van der Waals surface area (Å²) in [5, 5.41) is 12.0. The van der Waals surface area contributed by atoms with Gasteiger partial charge in [-0.25, -0.2) is 8.78 Å². The average molecular weight is 913 g/mol. The van der Waals surface area contributed by atoms with Gasteiger partial charge in [0, 0.05) is 87.3 Å². The van der Waals surface area contributed by atoms with Crippen molar-refractivity contribution in [3.8, 4) is 17.2 Å². The predicted molar refractivity (Wildman–Crippen MR) is 250 cm³/mol. The fourth-order valence-corrected chi connectivity index (χ4v) is 10.3. The van der Waals surface area contributed by atoms with Gasteiger partial charge in [0.15, 0.2) is 0 Å². The molecule has 1 unspecified atom stereocenters. The first kappa shape index (κ1) is 44.2. The van der Waals surface area contributed by atoms with Crippen LogP contribution in [-0.2, 0) is 19.2 Å². The van der Waals surface area contributed by atoms with Gasteiger partial charge in [-0.15, -0.1) is 0 Å². The van der Waals surface area contributed by atoms with E-state index in [4.69, 9.17) is 14.5 Å². The van der Waals surface area contributed by atoms with Crippen LogP contribution in [0, 0.1) is 23.0 Å². The first-order valence-electron chi connectivity index (χ1n) is 23.2. The Morgan fingerprint density at radius 3 is 2.19 bits per heavy atom. The third-order valence-electron chi connectivity index (χ3n) is 14.3. The van der Waals surface area contributed by atoms with Crippen molar-refractivity contribution < 1.29 is 37.4 Å². The van der Waals surface area contributed by atoms with E-state index < -0.39 is 29.0 Å². The van der Waals surface area contributed by atoms with Gasteiger partial charge >= 0.3 is 0 Å². The summed E-state index contributed by atoms with van der Waals surface area (Å²) in [6.45, 7) is 6.45. The monoisotopic (exact) mass is 912 g/mol. The van der Waals surface area contributed by atoms with Gasteiger partial charge in [-0.1, -0.05) is 6.07 Å². The molecule has 67 heavy (non-hydrogen) atoms. The molecule has 348 valence electrons. The van der Waals surface area contributed by atoms with Crippen molar-refractivity contribution in [2.45, 2.75) is 62.9 Å². The van der Waals surface area contributed by atoms with E-state index in [1.807, 2.05) is 12.1 Å². The molecule has 1 aromatic heterocycles. The van der Waals surface area contributed by atoms with Crippen molar-refractivity contribution >= 4 is 57.3 Å². The minimum Gasteiger partial charge on any atom is -0.495 e. The summed E-state index contributed by atoms with van der Waals surface area (Å²) in [5.41, 5.74) is 2.60. The summed E-state index contributed by atoms with van der Waals surface area (Å²) in [6, 6.07) is 24.2. The van der Waals surface area contributed by atoms with Gasteiger partial charge in [0.1, 0.15) is 34.3 Å². The van der Waals surface area contributed by atoms with Crippen LogP contribution in [0.5, 0.6) is 17.2 Å². The van der Waals surface area contributed by atoms with Crippen molar-refractivity contribution in [3.05, 3.63) is 108 Å². The van der Waals surface area contributed by atoms with Crippen LogP contribution in [0.4, 0.5) is 31.5 Å². The third-order valence-corrected chi connectivity index (χ3v) is 14.3. The van der Waals surface area contributed by atoms with Gasteiger partial charge in [-0.3, -0.25) is 39.3 Å². The lowest BCUT2D eigenvalue weighted by atomic mass is 9.90. The summed E-state index contributed by atoms with van der Waals surface area (Å²) in [5.74, 6) is -0.231. The molecule has 0 radical (unpaired) electrons. The van der Waals surface area contributed by atoms with Crippen LogP contribution in [0.1, 0.15) is 56.4 Å². The third kappa shape index (κ3) is 9.37. The number of hydrogen-bond donors (Lipinski definition) is 4. The molecule has 4 N–H and O–H groups in total. The van der Waals surface area contributed by atoms with E-state index in [1.165, 1.54) is 30.3 Å². The number of fused-ring (bicyclic) bond motifs is 3. The zero-order valence-electron chi connectivity index (χ0n) is 37.4. The van der Waals surface area contributed by atoms with Crippen molar-refractivity contribution in [3.63, 3.8) is 0 Å². The Morgan fingerprint density at radius 1 is 0.836 bits per heavy atom. The lowest BCUT2D eigenvalue weighted by molar-refractivity contribution is -0.134. The first-order valence-corrected chi connectivity index (χ1v) is 23.2. The Kier molecular flexibility index (Phi) is 12.2. The van der Waals surface area contributed by atoms with Crippen LogP contribution in [0.15, 0.2) is 91.1 Å². The Bertz CT molecular complexity index is 2690. The van der Waals surface area contributed by atoms with Crippen molar-refractivity contribution in [2.24, 2.45) is 11.3 Å². The second kappa shape index (κ2) is 18.6. The number of aromatic nitrogens is 1. The van der Waals surface area contributed by atoms with E-state index in [-0.39, 0.29) is 24.1 Å². The molecule has 3 atom stereocenters. The summed E-state index contributed by atoms with van der Waals surface area (Å²) in [6.07, 6.45) is 6.55. The zero-order valence-corrected chi connectivity index (χ0v) is 37.4. The van der Waals surface area contributed by atoms with Crippen LogP contribution in [0.2, 0.25) is 0 Å². The normalized spacial score (nSPS) is 21.5. The maximum Gasteiger partial charge on any atom is 0.240 e. The number of benzene rings is 4. The summed E-state index contributed by atoms with van der Waals surface area (Å²) >= 11 is 0. The lowest BCUT2D eigenvalue weighted by Gasteiger charge is -2.39. The van der Waals surface area contributed by atoms with Crippen LogP contribution >= 0.6 is 0 Å². The van der Waals surface area contributed by atoms with Crippen molar-refractivity contribution in [1.29, 1.82) is 0 Å². The number of pyridine rings is 1. The number of carbonyl (C=O) groups excluding carboxylic acids is 4. The largest absolute Gasteiger partial charge is 0.495 e. The van der Waals surface area contributed by atoms with Crippen LogP contribution in [-0.4, -0.2) is 103 Å². The molecule has 5 fully saturated rings. The number of likely N-dealkylation sites (tertiary alicyclic amines) is 2. The van der Waals surface area contributed by atoms with Crippen LogP contribution in [0.3, 0.4) is 0 Å². The minimum absolute atomic E-state index is 0.260. The molecule has 5 heterocycles. The van der Waals surface area contributed by atoms with E-state index in [0.29, 0.717) is 77.9 Å². The van der Waals surface area contributed by atoms with Crippen LogP contribution in [0.25, 0.3) is 10.9 Å². The van der Waals surface area contributed by atoms with Gasteiger partial charge in [0.05, 0.1) is 29.9 Å². The summed E-state index contributed by atoms with van der Waals surface area (Å²) in [7, 11) is 1.68. The quantitative estimate of drug-likeness (QED) is 0.0619. The molecule has 1 saturated carbocycles. The van der Waals surface area contributed by atoms with E-state index in [1.54, 1.807) is 49.7 Å². The number of nitrogens with zero attached hydrogens (tertiary/aromatic N) is 4. The molecular weight excluding hydrogens is 859 g/mol. The predicted octanol–water partition coefficient (Wildman–Crippen LogP) is 7.28. The van der Waals surface area contributed by atoms with Crippen molar-refractivity contribution in [2.75, 3.05) is 73.8 Å². The number of piperazine rings is 1. The molecule has 14 nitrogen and oxygen atoms in total. The van der Waals surface area contributed by atoms with E-state index >= 15 is 4.39 Å². The summed E-state index contributed by atoms with van der Waals surface area (Å²) in [4.78, 5) is 62.3. The Morgan fingerprint density at radius 2 is 1.54 bits per heavy atom. The molecule has 4 aromatic carbocycles. The van der Waals surface area contributed by atoms with E-state index in [0.717, 1.165) is 80.9 Å². The average Bonchev–Trinajstić information content (AvgIpc) is 3.94. The number of methoxy groups -OCH3 is 1.